The quantitative estimate of drug-likeness (QED) is 0.728. The van der Waals surface area contributed by atoms with E-state index < -0.39 is 0 Å². The van der Waals surface area contributed by atoms with Crippen LogP contribution in [0.5, 0.6) is 0 Å². The van der Waals surface area contributed by atoms with Gasteiger partial charge < -0.3 is 16.2 Å². The highest BCUT2D eigenvalue weighted by atomic mass is 16.3. The van der Waals surface area contributed by atoms with Gasteiger partial charge in [0.1, 0.15) is 18.0 Å². The van der Waals surface area contributed by atoms with Crippen LogP contribution in [-0.4, -0.2) is 27.2 Å². The molecule has 1 aromatic heterocycles. The molecular formula is C12H22N4O. The first-order valence-electron chi connectivity index (χ1n) is 5.93. The van der Waals surface area contributed by atoms with Gasteiger partial charge in [-0.05, 0) is 19.3 Å². The first-order chi connectivity index (χ1) is 7.93. The van der Waals surface area contributed by atoms with Crippen LogP contribution in [0.2, 0.25) is 0 Å². The number of hydrogen-bond donors (Lipinski definition) is 3. The summed E-state index contributed by atoms with van der Waals surface area (Å²) in [5, 5.41) is 12.7. The lowest BCUT2D eigenvalue weighted by Crippen LogP contribution is -2.38. The fourth-order valence-electron chi connectivity index (χ4n) is 1.60. The summed E-state index contributed by atoms with van der Waals surface area (Å²) in [4.78, 5) is 8.24. The Hall–Kier alpha value is -1.36. The lowest BCUT2D eigenvalue weighted by atomic mass is 9.98. The minimum Gasteiger partial charge on any atom is -0.394 e. The van der Waals surface area contributed by atoms with Crippen molar-refractivity contribution < 1.29 is 5.11 Å². The molecule has 0 amide bonds. The van der Waals surface area contributed by atoms with E-state index in [1.165, 1.54) is 6.33 Å². The highest BCUT2D eigenvalue weighted by Gasteiger charge is 2.24. The minimum atomic E-state index is -0.384. The normalized spacial score (nSPS) is 14.7. The van der Waals surface area contributed by atoms with Crippen LogP contribution in [0.25, 0.3) is 0 Å². The SMILES string of the molecule is CCC(C)(CO)Nc1ncnc(N)c1C(C)C. The second-order valence-electron chi connectivity index (χ2n) is 4.87. The van der Waals surface area contributed by atoms with Gasteiger partial charge in [-0.15, -0.1) is 0 Å². The fourth-order valence-corrected chi connectivity index (χ4v) is 1.60. The van der Waals surface area contributed by atoms with Gasteiger partial charge in [0, 0.05) is 5.56 Å². The van der Waals surface area contributed by atoms with E-state index in [2.05, 4.69) is 15.3 Å². The van der Waals surface area contributed by atoms with Crippen molar-refractivity contribution >= 4 is 11.6 Å². The molecule has 96 valence electrons. The highest BCUT2D eigenvalue weighted by molar-refractivity contribution is 5.57. The molecule has 0 aliphatic carbocycles. The lowest BCUT2D eigenvalue weighted by Gasteiger charge is -2.29. The third-order valence-electron chi connectivity index (χ3n) is 3.04. The van der Waals surface area contributed by atoms with Gasteiger partial charge in [0.15, 0.2) is 0 Å². The van der Waals surface area contributed by atoms with Crippen LogP contribution in [0.15, 0.2) is 6.33 Å². The Kier molecular flexibility index (Phi) is 4.28. The van der Waals surface area contributed by atoms with Crippen molar-refractivity contribution in [3.8, 4) is 0 Å². The Labute approximate surface area is 102 Å². The average Bonchev–Trinajstić information content (AvgIpc) is 2.28. The van der Waals surface area contributed by atoms with Crippen LogP contribution in [0.1, 0.15) is 45.6 Å². The topological polar surface area (TPSA) is 84.1 Å². The van der Waals surface area contributed by atoms with Crippen molar-refractivity contribution in [2.45, 2.75) is 45.6 Å². The van der Waals surface area contributed by atoms with Gasteiger partial charge in [-0.25, -0.2) is 9.97 Å². The number of hydrogen-bond acceptors (Lipinski definition) is 5. The lowest BCUT2D eigenvalue weighted by molar-refractivity contribution is 0.218. The van der Waals surface area contributed by atoms with Crippen LogP contribution in [0, 0.1) is 0 Å². The molecule has 1 rings (SSSR count). The number of nitrogens with one attached hydrogen (secondary N) is 1. The summed E-state index contributed by atoms with van der Waals surface area (Å²) in [6.07, 6.45) is 2.24. The van der Waals surface area contributed by atoms with E-state index >= 15 is 0 Å². The highest BCUT2D eigenvalue weighted by Crippen LogP contribution is 2.28. The van der Waals surface area contributed by atoms with E-state index in [9.17, 15) is 5.11 Å². The molecule has 1 atom stereocenters. The number of nitrogens with zero attached hydrogens (tertiary/aromatic N) is 2. The number of aliphatic hydroxyl groups excluding tert-OH is 1. The summed E-state index contributed by atoms with van der Waals surface area (Å²) >= 11 is 0. The van der Waals surface area contributed by atoms with Crippen molar-refractivity contribution in [2.75, 3.05) is 17.7 Å². The average molecular weight is 238 g/mol. The fraction of sp³-hybridized carbons (Fsp3) is 0.667. The summed E-state index contributed by atoms with van der Waals surface area (Å²) in [6.45, 7) is 8.11. The third kappa shape index (κ3) is 3.06. The molecule has 0 fully saturated rings. The number of anilines is 2. The predicted molar refractivity (Wildman–Crippen MR) is 69.9 cm³/mol. The van der Waals surface area contributed by atoms with Crippen molar-refractivity contribution in [3.63, 3.8) is 0 Å². The maximum atomic E-state index is 9.41. The van der Waals surface area contributed by atoms with Gasteiger partial charge in [0.25, 0.3) is 0 Å². The maximum absolute atomic E-state index is 9.41. The van der Waals surface area contributed by atoms with Crippen LogP contribution in [0.3, 0.4) is 0 Å². The van der Waals surface area contributed by atoms with E-state index in [1.54, 1.807) is 0 Å². The van der Waals surface area contributed by atoms with Gasteiger partial charge >= 0.3 is 0 Å². The molecule has 0 aliphatic heterocycles. The summed E-state index contributed by atoms with van der Waals surface area (Å²) in [7, 11) is 0. The van der Waals surface area contributed by atoms with Gasteiger partial charge in [-0.2, -0.15) is 0 Å². The Morgan fingerprint density at radius 2 is 2.12 bits per heavy atom. The second kappa shape index (κ2) is 5.31. The zero-order valence-corrected chi connectivity index (χ0v) is 11.0. The first kappa shape index (κ1) is 13.7. The predicted octanol–water partition coefficient (Wildman–Crippen LogP) is 1.76. The number of nitrogens with two attached hydrogens (primary N) is 1. The smallest absolute Gasteiger partial charge is 0.135 e. The van der Waals surface area contributed by atoms with Gasteiger partial charge in [-0.1, -0.05) is 20.8 Å². The molecule has 5 nitrogen and oxygen atoms in total. The minimum absolute atomic E-state index is 0.0466. The van der Waals surface area contributed by atoms with E-state index in [1.807, 2.05) is 27.7 Å². The van der Waals surface area contributed by atoms with Crippen LogP contribution >= 0.6 is 0 Å². The molecule has 0 spiro atoms. The molecule has 1 heterocycles. The van der Waals surface area contributed by atoms with Crippen LogP contribution in [-0.2, 0) is 0 Å². The third-order valence-corrected chi connectivity index (χ3v) is 3.04. The van der Waals surface area contributed by atoms with Crippen molar-refractivity contribution in [3.05, 3.63) is 11.9 Å². The number of nitrogen functional groups attached to an aromatic ring is 1. The molecule has 5 heteroatoms. The summed E-state index contributed by atoms with van der Waals surface area (Å²) < 4.78 is 0. The summed E-state index contributed by atoms with van der Waals surface area (Å²) in [5.74, 6) is 1.44. The molecule has 4 N–H and O–H groups in total. The zero-order chi connectivity index (χ0) is 13.1. The molecule has 1 aromatic rings. The van der Waals surface area contributed by atoms with Crippen LogP contribution in [0.4, 0.5) is 11.6 Å². The molecule has 1 unspecified atom stereocenters. The number of aromatic nitrogens is 2. The Balaban J connectivity index is 3.10. The largest absolute Gasteiger partial charge is 0.394 e. The van der Waals surface area contributed by atoms with Gasteiger partial charge in [-0.3, -0.25) is 0 Å². The molecule has 0 saturated heterocycles. The van der Waals surface area contributed by atoms with Crippen molar-refractivity contribution in [1.82, 2.24) is 9.97 Å². The molecule has 0 saturated carbocycles. The Bertz CT molecular complexity index is 375. The number of aliphatic hydroxyl groups is 1. The van der Waals surface area contributed by atoms with Gasteiger partial charge in [0.05, 0.1) is 12.1 Å². The molecular weight excluding hydrogens is 216 g/mol. The molecule has 17 heavy (non-hydrogen) atoms. The van der Waals surface area contributed by atoms with E-state index in [0.717, 1.165) is 12.0 Å². The van der Waals surface area contributed by atoms with Crippen LogP contribution < -0.4 is 11.1 Å². The van der Waals surface area contributed by atoms with E-state index in [4.69, 9.17) is 5.73 Å². The first-order valence-corrected chi connectivity index (χ1v) is 5.93. The van der Waals surface area contributed by atoms with E-state index in [0.29, 0.717) is 11.6 Å². The monoisotopic (exact) mass is 238 g/mol. The maximum Gasteiger partial charge on any atom is 0.135 e. The zero-order valence-electron chi connectivity index (χ0n) is 11.0. The standard InChI is InChI=1S/C12H22N4O/c1-5-12(4,6-17)16-11-9(8(2)3)10(13)14-7-15-11/h7-8,17H,5-6H2,1-4H3,(H3,13,14,15,16). The van der Waals surface area contributed by atoms with Crippen molar-refractivity contribution in [2.24, 2.45) is 0 Å². The summed E-state index contributed by atoms with van der Waals surface area (Å²) in [6, 6.07) is 0. The Morgan fingerprint density at radius 1 is 1.47 bits per heavy atom. The number of rotatable bonds is 5. The molecule has 0 bridgehead atoms. The van der Waals surface area contributed by atoms with Gasteiger partial charge in [0.2, 0.25) is 0 Å². The van der Waals surface area contributed by atoms with E-state index in [-0.39, 0.29) is 18.1 Å². The molecule has 0 aromatic carbocycles. The van der Waals surface area contributed by atoms with Crippen molar-refractivity contribution in [1.29, 1.82) is 0 Å². The Morgan fingerprint density at radius 3 is 2.59 bits per heavy atom. The summed E-state index contributed by atoms with van der Waals surface area (Å²) in [5.41, 5.74) is 6.39. The molecule has 0 radical (unpaired) electrons. The second-order valence-corrected chi connectivity index (χ2v) is 4.87. The molecule has 0 aliphatic rings.